The molecule has 0 saturated carbocycles. The molecule has 1 aromatic rings. The SMILES string of the molecule is CN1OC[C@@]([N+](=O)[O-])(C(F)(F)F)[C@@H]1c1ccccc1. The van der Waals surface area contributed by atoms with Crippen molar-refractivity contribution in [3.63, 3.8) is 0 Å². The molecule has 2 atom stereocenters. The summed E-state index contributed by atoms with van der Waals surface area (Å²) in [6.07, 6.45) is -5.01. The molecule has 5 nitrogen and oxygen atoms in total. The topological polar surface area (TPSA) is 55.6 Å². The molecule has 0 bridgehead atoms. The van der Waals surface area contributed by atoms with E-state index in [1.54, 1.807) is 6.07 Å². The lowest BCUT2D eigenvalue weighted by Crippen LogP contribution is -2.57. The first-order chi connectivity index (χ1) is 8.80. The molecule has 1 aliphatic heterocycles. The lowest BCUT2D eigenvalue weighted by Gasteiger charge is -2.29. The number of nitro groups is 1. The lowest BCUT2D eigenvalue weighted by atomic mass is 9.86. The van der Waals surface area contributed by atoms with Crippen molar-refractivity contribution in [2.24, 2.45) is 0 Å². The van der Waals surface area contributed by atoms with E-state index in [9.17, 15) is 23.3 Å². The summed E-state index contributed by atoms with van der Waals surface area (Å²) in [5.74, 6) is 0. The number of likely N-dealkylation sites (N-methyl/N-ethyl adjacent to an activating group) is 1. The van der Waals surface area contributed by atoms with Crippen molar-refractivity contribution in [2.45, 2.75) is 17.8 Å². The molecule has 1 saturated heterocycles. The number of rotatable bonds is 2. The molecular formula is C11H11F3N2O3. The molecule has 0 amide bonds. The van der Waals surface area contributed by atoms with Crippen molar-refractivity contribution >= 4 is 0 Å². The molecule has 1 heterocycles. The van der Waals surface area contributed by atoms with Gasteiger partial charge in [0.2, 0.25) is 0 Å². The van der Waals surface area contributed by atoms with Gasteiger partial charge in [0.15, 0.2) is 6.61 Å². The fraction of sp³-hybridized carbons (Fsp3) is 0.455. The van der Waals surface area contributed by atoms with Crippen LogP contribution in [0.25, 0.3) is 0 Å². The van der Waals surface area contributed by atoms with E-state index < -0.39 is 29.3 Å². The van der Waals surface area contributed by atoms with E-state index in [-0.39, 0.29) is 5.56 Å². The summed E-state index contributed by atoms with van der Waals surface area (Å²) < 4.78 is 39.7. The third-order valence-electron chi connectivity index (χ3n) is 3.24. The maximum atomic E-state index is 13.2. The van der Waals surface area contributed by atoms with E-state index in [1.165, 1.54) is 31.3 Å². The van der Waals surface area contributed by atoms with E-state index in [4.69, 9.17) is 4.84 Å². The maximum Gasteiger partial charge on any atom is 0.465 e. The van der Waals surface area contributed by atoms with Crippen LogP contribution in [0.15, 0.2) is 30.3 Å². The molecule has 1 fully saturated rings. The van der Waals surface area contributed by atoms with Crippen LogP contribution >= 0.6 is 0 Å². The van der Waals surface area contributed by atoms with Crippen LogP contribution < -0.4 is 0 Å². The average Bonchev–Trinajstić information content (AvgIpc) is 2.68. The highest BCUT2D eigenvalue weighted by Crippen LogP contribution is 2.49. The number of nitrogens with zero attached hydrogens (tertiary/aromatic N) is 2. The van der Waals surface area contributed by atoms with Crippen LogP contribution in [0.1, 0.15) is 11.6 Å². The molecule has 0 aliphatic carbocycles. The van der Waals surface area contributed by atoms with Crippen molar-refractivity contribution < 1.29 is 22.9 Å². The quantitative estimate of drug-likeness (QED) is 0.613. The van der Waals surface area contributed by atoms with E-state index in [0.29, 0.717) is 0 Å². The van der Waals surface area contributed by atoms with E-state index >= 15 is 0 Å². The van der Waals surface area contributed by atoms with Crippen LogP contribution in [-0.2, 0) is 4.84 Å². The standard InChI is InChI=1S/C11H11F3N2O3/c1-15-9(8-5-3-2-4-6-8)10(7-19-15,16(17)18)11(12,13)14/h2-6,9H,7H2,1H3/t9-,10-/m0/s1. The summed E-state index contributed by atoms with van der Waals surface area (Å²) >= 11 is 0. The van der Waals surface area contributed by atoms with Crippen molar-refractivity contribution in [1.82, 2.24) is 5.06 Å². The predicted octanol–water partition coefficient (Wildman–Crippen LogP) is 2.18. The van der Waals surface area contributed by atoms with Gasteiger partial charge in [-0.25, -0.2) is 0 Å². The van der Waals surface area contributed by atoms with Crippen LogP contribution in [0.3, 0.4) is 0 Å². The highest BCUT2D eigenvalue weighted by molar-refractivity contribution is 5.24. The second kappa shape index (κ2) is 4.46. The van der Waals surface area contributed by atoms with Crippen LogP contribution in [0, 0.1) is 10.1 Å². The van der Waals surface area contributed by atoms with Gasteiger partial charge in [-0.05, 0) is 5.56 Å². The lowest BCUT2D eigenvalue weighted by molar-refractivity contribution is -0.614. The molecule has 0 N–H and O–H groups in total. The molecule has 1 aromatic carbocycles. The summed E-state index contributed by atoms with van der Waals surface area (Å²) in [4.78, 5) is 14.6. The van der Waals surface area contributed by atoms with Crippen molar-refractivity contribution in [1.29, 1.82) is 0 Å². The predicted molar refractivity (Wildman–Crippen MR) is 58.7 cm³/mol. The van der Waals surface area contributed by atoms with Crippen LogP contribution in [0.2, 0.25) is 0 Å². The third-order valence-corrected chi connectivity index (χ3v) is 3.24. The second-order valence-corrected chi connectivity index (χ2v) is 4.31. The monoisotopic (exact) mass is 276 g/mol. The Morgan fingerprint density at radius 1 is 1.42 bits per heavy atom. The van der Waals surface area contributed by atoms with Gasteiger partial charge in [-0.1, -0.05) is 30.3 Å². The van der Waals surface area contributed by atoms with Gasteiger partial charge in [0.25, 0.3) is 0 Å². The minimum absolute atomic E-state index is 0.191. The van der Waals surface area contributed by atoms with Crippen LogP contribution in [-0.4, -0.2) is 35.4 Å². The van der Waals surface area contributed by atoms with Gasteiger partial charge < -0.3 is 0 Å². The summed E-state index contributed by atoms with van der Waals surface area (Å²) in [6, 6.07) is 6.01. The number of hydroxylamine groups is 2. The van der Waals surface area contributed by atoms with Gasteiger partial charge in [0.1, 0.15) is 6.04 Å². The molecule has 0 aromatic heterocycles. The van der Waals surface area contributed by atoms with Gasteiger partial charge in [0.05, 0.1) is 0 Å². The van der Waals surface area contributed by atoms with Crippen LogP contribution in [0.4, 0.5) is 13.2 Å². The molecule has 104 valence electrons. The van der Waals surface area contributed by atoms with E-state index in [0.717, 1.165) is 5.06 Å². The molecule has 0 spiro atoms. The Balaban J connectivity index is 2.57. The number of benzene rings is 1. The summed E-state index contributed by atoms with van der Waals surface area (Å²) in [5.41, 5.74) is -2.96. The fourth-order valence-electron chi connectivity index (χ4n) is 2.27. The molecule has 2 rings (SSSR count). The minimum Gasteiger partial charge on any atom is -0.290 e. The molecular weight excluding hydrogens is 265 g/mol. The zero-order chi connectivity index (χ0) is 14.3. The Morgan fingerprint density at radius 2 is 2.00 bits per heavy atom. The first-order valence-corrected chi connectivity index (χ1v) is 5.42. The molecule has 8 heteroatoms. The van der Waals surface area contributed by atoms with Gasteiger partial charge in [-0.15, -0.1) is 0 Å². The van der Waals surface area contributed by atoms with Crippen molar-refractivity contribution in [2.75, 3.05) is 13.7 Å². The number of halogens is 3. The Hall–Kier alpha value is -1.67. The maximum absolute atomic E-state index is 13.2. The smallest absolute Gasteiger partial charge is 0.290 e. The molecule has 19 heavy (non-hydrogen) atoms. The minimum atomic E-state index is -5.01. The summed E-state index contributed by atoms with van der Waals surface area (Å²) in [5, 5.41) is 12.0. The molecule has 1 aliphatic rings. The van der Waals surface area contributed by atoms with Crippen LogP contribution in [0.5, 0.6) is 0 Å². The third kappa shape index (κ3) is 1.96. The Bertz CT molecular complexity index is 480. The Kier molecular flexibility index (Phi) is 3.23. The highest BCUT2D eigenvalue weighted by atomic mass is 19.4. The Labute approximate surface area is 106 Å². The fourth-order valence-corrected chi connectivity index (χ4v) is 2.27. The molecule has 0 unspecified atom stereocenters. The number of hydrogen-bond acceptors (Lipinski definition) is 4. The number of hydrogen-bond donors (Lipinski definition) is 0. The zero-order valence-corrected chi connectivity index (χ0v) is 9.92. The zero-order valence-electron chi connectivity index (χ0n) is 9.92. The van der Waals surface area contributed by atoms with Crippen molar-refractivity contribution in [3.05, 3.63) is 46.0 Å². The summed E-state index contributed by atoms with van der Waals surface area (Å²) in [6.45, 7) is -1.03. The van der Waals surface area contributed by atoms with E-state index in [1.807, 2.05) is 0 Å². The van der Waals surface area contributed by atoms with Gasteiger partial charge in [-0.3, -0.25) is 15.0 Å². The first kappa shape index (κ1) is 13.8. The van der Waals surface area contributed by atoms with Gasteiger partial charge in [-0.2, -0.15) is 18.2 Å². The molecule has 0 radical (unpaired) electrons. The highest BCUT2D eigenvalue weighted by Gasteiger charge is 2.75. The number of alkyl halides is 3. The van der Waals surface area contributed by atoms with Gasteiger partial charge in [0, 0.05) is 12.0 Å². The van der Waals surface area contributed by atoms with Gasteiger partial charge >= 0.3 is 11.7 Å². The first-order valence-electron chi connectivity index (χ1n) is 5.42. The Morgan fingerprint density at radius 3 is 2.47 bits per heavy atom. The summed E-state index contributed by atoms with van der Waals surface area (Å²) in [7, 11) is 1.26. The normalized spacial score (nSPS) is 28.5. The average molecular weight is 276 g/mol. The van der Waals surface area contributed by atoms with E-state index in [2.05, 4.69) is 0 Å². The largest absolute Gasteiger partial charge is 0.465 e. The second-order valence-electron chi connectivity index (χ2n) is 4.31. The van der Waals surface area contributed by atoms with Crippen molar-refractivity contribution in [3.8, 4) is 0 Å².